The summed E-state index contributed by atoms with van der Waals surface area (Å²) in [6, 6.07) is 8.16. The molecule has 1 aliphatic heterocycles. The Kier molecular flexibility index (Phi) is 6.44. The highest BCUT2D eigenvalue weighted by molar-refractivity contribution is 6.35. The number of rotatable bonds is 5. The molecule has 0 aliphatic carbocycles. The first-order valence-corrected chi connectivity index (χ1v) is 10.6. The first-order valence-electron chi connectivity index (χ1n) is 10.2. The van der Waals surface area contributed by atoms with Gasteiger partial charge in [0.1, 0.15) is 36.0 Å². The minimum atomic E-state index is -1.52. The molecule has 32 heavy (non-hydrogen) atoms. The molecule has 0 amide bonds. The molecule has 7 nitrogen and oxygen atoms in total. The molecule has 4 rings (SSSR count). The number of benzene rings is 2. The van der Waals surface area contributed by atoms with E-state index in [-0.39, 0.29) is 6.42 Å². The van der Waals surface area contributed by atoms with Crippen molar-refractivity contribution in [2.45, 2.75) is 44.0 Å². The fraction of sp³-hybridized carbons (Fsp3) is 0.391. The van der Waals surface area contributed by atoms with Gasteiger partial charge in [0.15, 0.2) is 6.23 Å². The number of methoxy groups -OCH3 is 1. The van der Waals surface area contributed by atoms with Crippen LogP contribution in [0.15, 0.2) is 36.5 Å². The van der Waals surface area contributed by atoms with E-state index in [4.69, 9.17) is 21.1 Å². The molecule has 2 heterocycles. The lowest BCUT2D eigenvalue weighted by molar-refractivity contribution is -0.250. The van der Waals surface area contributed by atoms with Gasteiger partial charge in [-0.25, -0.2) is 4.39 Å². The third-order valence-corrected chi connectivity index (χ3v) is 6.30. The van der Waals surface area contributed by atoms with Crippen LogP contribution in [0.2, 0.25) is 5.02 Å². The summed E-state index contributed by atoms with van der Waals surface area (Å²) in [5, 5.41) is 41.7. The summed E-state index contributed by atoms with van der Waals surface area (Å²) < 4.78 is 27.1. The summed E-state index contributed by atoms with van der Waals surface area (Å²) in [6.07, 6.45) is -4.71. The quantitative estimate of drug-likeness (QED) is 0.461. The van der Waals surface area contributed by atoms with E-state index in [9.17, 15) is 24.8 Å². The lowest BCUT2D eigenvalue weighted by atomic mass is 9.98. The van der Waals surface area contributed by atoms with Gasteiger partial charge in [0.2, 0.25) is 0 Å². The molecule has 0 spiro atoms. The van der Waals surface area contributed by atoms with E-state index in [0.29, 0.717) is 32.8 Å². The van der Waals surface area contributed by atoms with Crippen LogP contribution in [-0.2, 0) is 11.2 Å². The highest BCUT2D eigenvalue weighted by Crippen LogP contribution is 2.38. The van der Waals surface area contributed by atoms with Crippen molar-refractivity contribution in [1.29, 1.82) is 0 Å². The largest absolute Gasteiger partial charge is 0.497 e. The molecule has 0 radical (unpaired) electrons. The summed E-state index contributed by atoms with van der Waals surface area (Å²) in [4.78, 5) is 0. The summed E-state index contributed by atoms with van der Waals surface area (Å²) in [5.74, 6) is -0.0225. The average Bonchev–Trinajstić information content (AvgIpc) is 3.16. The van der Waals surface area contributed by atoms with Gasteiger partial charge in [0, 0.05) is 24.1 Å². The van der Waals surface area contributed by atoms with Crippen LogP contribution in [0.4, 0.5) is 4.39 Å². The van der Waals surface area contributed by atoms with Crippen LogP contribution in [0.1, 0.15) is 22.9 Å². The number of aliphatic hydroxyl groups is 4. The molecule has 9 heteroatoms. The van der Waals surface area contributed by atoms with Crippen molar-refractivity contribution in [2.75, 3.05) is 13.7 Å². The van der Waals surface area contributed by atoms with Gasteiger partial charge in [-0.1, -0.05) is 23.7 Å². The third-order valence-electron chi connectivity index (χ3n) is 5.99. The minimum Gasteiger partial charge on any atom is -0.497 e. The van der Waals surface area contributed by atoms with Crippen LogP contribution in [0.5, 0.6) is 5.75 Å². The maximum atomic E-state index is 14.6. The summed E-state index contributed by atoms with van der Waals surface area (Å²) >= 11 is 6.52. The summed E-state index contributed by atoms with van der Waals surface area (Å²) in [5.41, 5.74) is 2.58. The second kappa shape index (κ2) is 8.97. The second-order valence-electron chi connectivity index (χ2n) is 8.00. The molecule has 2 aromatic carbocycles. The number of halogens is 2. The molecule has 1 saturated heterocycles. The van der Waals surface area contributed by atoms with E-state index in [1.54, 1.807) is 29.0 Å². The molecule has 5 atom stereocenters. The van der Waals surface area contributed by atoms with Crippen LogP contribution < -0.4 is 4.74 Å². The Hall–Kier alpha value is -2.20. The molecule has 4 N–H and O–H groups in total. The summed E-state index contributed by atoms with van der Waals surface area (Å²) in [6.45, 7) is 1.32. The Morgan fingerprint density at radius 3 is 2.50 bits per heavy atom. The molecular formula is C23H25ClFNO6. The normalized spacial score (nSPS) is 25.9. The number of aliphatic hydroxyl groups excluding tert-OH is 4. The molecule has 1 aromatic heterocycles. The third kappa shape index (κ3) is 3.87. The molecule has 0 bridgehead atoms. The lowest BCUT2D eigenvalue weighted by Crippen LogP contribution is -2.56. The van der Waals surface area contributed by atoms with Gasteiger partial charge in [0.25, 0.3) is 0 Å². The number of nitrogens with zero attached hydrogens (tertiary/aromatic N) is 1. The fourth-order valence-corrected chi connectivity index (χ4v) is 4.53. The van der Waals surface area contributed by atoms with Crippen LogP contribution in [0.3, 0.4) is 0 Å². The number of ether oxygens (including phenoxy) is 2. The maximum absolute atomic E-state index is 14.6. The number of fused-ring (bicyclic) bond motifs is 1. The smallest absolute Gasteiger partial charge is 0.163 e. The zero-order chi connectivity index (χ0) is 23.2. The van der Waals surface area contributed by atoms with Crippen molar-refractivity contribution in [3.8, 4) is 5.75 Å². The molecule has 0 saturated carbocycles. The van der Waals surface area contributed by atoms with E-state index < -0.39 is 43.1 Å². The van der Waals surface area contributed by atoms with Gasteiger partial charge >= 0.3 is 0 Å². The number of hydrogen-bond donors (Lipinski definition) is 4. The molecule has 3 aromatic rings. The Labute approximate surface area is 189 Å². The van der Waals surface area contributed by atoms with Crippen molar-refractivity contribution < 1.29 is 34.3 Å². The first-order chi connectivity index (χ1) is 15.3. The van der Waals surface area contributed by atoms with Crippen molar-refractivity contribution in [2.24, 2.45) is 0 Å². The average molecular weight is 466 g/mol. The van der Waals surface area contributed by atoms with Gasteiger partial charge in [0.05, 0.1) is 24.3 Å². The van der Waals surface area contributed by atoms with Gasteiger partial charge in [-0.2, -0.15) is 0 Å². The van der Waals surface area contributed by atoms with Crippen LogP contribution in [0.25, 0.3) is 10.9 Å². The molecule has 1 fully saturated rings. The Morgan fingerprint density at radius 2 is 1.84 bits per heavy atom. The monoisotopic (exact) mass is 465 g/mol. The van der Waals surface area contributed by atoms with Crippen LogP contribution in [0, 0.1) is 12.7 Å². The highest BCUT2D eigenvalue weighted by Gasteiger charge is 2.44. The Balaban J connectivity index is 1.84. The second-order valence-corrected chi connectivity index (χ2v) is 8.41. The zero-order valence-electron chi connectivity index (χ0n) is 17.6. The number of aromatic nitrogens is 1. The lowest BCUT2D eigenvalue weighted by Gasteiger charge is -2.40. The van der Waals surface area contributed by atoms with E-state index in [2.05, 4.69) is 0 Å². The molecular weight excluding hydrogens is 441 g/mol. The van der Waals surface area contributed by atoms with Gasteiger partial charge in [-0.15, -0.1) is 0 Å². The van der Waals surface area contributed by atoms with E-state index in [1.165, 1.54) is 13.2 Å². The molecule has 0 unspecified atom stereocenters. The Morgan fingerprint density at radius 1 is 1.09 bits per heavy atom. The maximum Gasteiger partial charge on any atom is 0.163 e. The SMILES string of the molecule is COc1ccc(Cc2cn([C@@H]3O[C@H](CO)[C@@H](O)[C@H](O)[C@H]3O)c3c(C)ccc(Cl)c23)c(F)c1. The van der Waals surface area contributed by atoms with E-state index in [1.807, 2.05) is 13.0 Å². The standard InChI is InChI=1S/C23H25ClFNO6/c1-11-3-6-15(24)18-13(7-12-4-5-14(31-2)8-16(12)25)9-26(19(11)18)23-22(30)21(29)20(28)17(10-27)32-23/h3-6,8-9,17,20-23,27-30H,7,10H2,1-2H3/t17-,20-,21+,22-,23-/m1/s1. The van der Waals surface area contributed by atoms with Gasteiger partial charge in [-0.05, 0) is 35.7 Å². The van der Waals surface area contributed by atoms with Crippen molar-refractivity contribution >= 4 is 22.5 Å². The van der Waals surface area contributed by atoms with E-state index in [0.717, 1.165) is 5.56 Å². The highest BCUT2D eigenvalue weighted by atomic mass is 35.5. The van der Waals surface area contributed by atoms with Crippen molar-refractivity contribution in [3.05, 3.63) is 64.1 Å². The Bertz CT molecular complexity index is 1130. The van der Waals surface area contributed by atoms with Crippen molar-refractivity contribution in [3.63, 3.8) is 0 Å². The van der Waals surface area contributed by atoms with E-state index >= 15 is 0 Å². The van der Waals surface area contributed by atoms with Gasteiger partial charge < -0.3 is 34.5 Å². The first kappa shape index (κ1) is 23.0. The van der Waals surface area contributed by atoms with Gasteiger partial charge in [-0.3, -0.25) is 0 Å². The predicted molar refractivity (Wildman–Crippen MR) is 116 cm³/mol. The van der Waals surface area contributed by atoms with Crippen LogP contribution in [-0.4, -0.2) is 63.1 Å². The topological polar surface area (TPSA) is 104 Å². The predicted octanol–water partition coefficient (Wildman–Crippen LogP) is 2.31. The summed E-state index contributed by atoms with van der Waals surface area (Å²) in [7, 11) is 1.46. The van der Waals surface area contributed by atoms with Crippen molar-refractivity contribution in [1.82, 2.24) is 4.57 Å². The molecule has 172 valence electrons. The molecule has 1 aliphatic rings. The minimum absolute atomic E-state index is 0.208. The van der Waals surface area contributed by atoms with Crippen LogP contribution >= 0.6 is 11.6 Å². The fourth-order valence-electron chi connectivity index (χ4n) is 4.26. The number of aryl methyl sites for hydroxylation is 1. The zero-order valence-corrected chi connectivity index (χ0v) is 18.3. The number of hydrogen-bond acceptors (Lipinski definition) is 6.